The van der Waals surface area contributed by atoms with Crippen molar-refractivity contribution in [1.29, 1.82) is 0 Å². The molecule has 3 N–H and O–H groups in total. The Bertz CT molecular complexity index is 1210. The number of carbonyl (C=O) groups is 2. The highest BCUT2D eigenvalue weighted by Gasteiger charge is 2.43. The van der Waals surface area contributed by atoms with Crippen LogP contribution in [-0.4, -0.2) is 55.6 Å². The first-order chi connectivity index (χ1) is 19.0. The van der Waals surface area contributed by atoms with Crippen molar-refractivity contribution in [2.45, 2.75) is 44.6 Å². The number of nitrogens with one attached hydrogen (secondary N) is 1. The van der Waals surface area contributed by atoms with Crippen molar-refractivity contribution >= 4 is 49.1 Å². The standard InChI is InChI=1S/C32H39N3O3S.ClH.H2S/c33-29(21-28-7-4-20-39-28)30(36)35-16-14-32(15-17-35,31(37)34-23-25-12-18-38-19-13-25)22-24-8-10-27(11-9-24)26-5-2-1-3-6-26;;/h1-11,20,25,29H,12-19,21-23,33H2,(H,34,37);1H;1H2/t29-;;/m0../s1. The average Bonchev–Trinajstić information content (AvgIpc) is 3.50. The molecule has 0 bridgehead atoms. The minimum Gasteiger partial charge on any atom is -0.381 e. The highest BCUT2D eigenvalue weighted by atomic mass is 35.5. The molecule has 6 nitrogen and oxygen atoms in total. The summed E-state index contributed by atoms with van der Waals surface area (Å²) in [6.07, 6.45) is 4.44. The van der Waals surface area contributed by atoms with Gasteiger partial charge in [-0.15, -0.1) is 23.7 Å². The fourth-order valence-corrected chi connectivity index (χ4v) is 6.58. The van der Waals surface area contributed by atoms with E-state index in [1.54, 1.807) is 11.3 Å². The van der Waals surface area contributed by atoms with Crippen LogP contribution in [-0.2, 0) is 27.2 Å². The fraction of sp³-hybridized carbons (Fsp3) is 0.438. The molecule has 1 atom stereocenters. The number of rotatable bonds is 9. The molecular formula is C32H42ClN3O3S2. The van der Waals surface area contributed by atoms with Crippen LogP contribution in [0.1, 0.15) is 36.1 Å². The van der Waals surface area contributed by atoms with Crippen LogP contribution in [0.25, 0.3) is 11.1 Å². The third kappa shape index (κ3) is 8.58. The zero-order valence-corrected chi connectivity index (χ0v) is 26.1. The highest BCUT2D eigenvalue weighted by molar-refractivity contribution is 7.59. The van der Waals surface area contributed by atoms with E-state index in [-0.39, 0.29) is 37.7 Å². The van der Waals surface area contributed by atoms with Crippen LogP contribution in [0.4, 0.5) is 0 Å². The number of thiophene rings is 1. The van der Waals surface area contributed by atoms with Gasteiger partial charge in [-0.1, -0.05) is 60.7 Å². The average molecular weight is 616 g/mol. The molecule has 2 aliphatic rings. The Balaban J connectivity index is 0.00000231. The van der Waals surface area contributed by atoms with E-state index in [0.29, 0.717) is 51.2 Å². The largest absolute Gasteiger partial charge is 0.381 e. The maximum absolute atomic E-state index is 13.8. The van der Waals surface area contributed by atoms with Crippen molar-refractivity contribution in [1.82, 2.24) is 10.2 Å². The molecule has 2 amide bonds. The predicted octanol–water partition coefficient (Wildman–Crippen LogP) is 5.21. The monoisotopic (exact) mass is 615 g/mol. The van der Waals surface area contributed by atoms with Gasteiger partial charge in [0.2, 0.25) is 11.8 Å². The second-order valence-electron chi connectivity index (χ2n) is 11.0. The van der Waals surface area contributed by atoms with Gasteiger partial charge in [-0.25, -0.2) is 0 Å². The number of carbonyl (C=O) groups excluding carboxylic acids is 2. The van der Waals surface area contributed by atoms with Gasteiger partial charge < -0.3 is 20.7 Å². The van der Waals surface area contributed by atoms with Crippen molar-refractivity contribution in [2.75, 3.05) is 32.8 Å². The van der Waals surface area contributed by atoms with Gasteiger partial charge in [0.15, 0.2) is 0 Å². The highest BCUT2D eigenvalue weighted by Crippen LogP contribution is 2.37. The van der Waals surface area contributed by atoms with E-state index >= 15 is 0 Å². The summed E-state index contributed by atoms with van der Waals surface area (Å²) in [5, 5.41) is 5.30. The lowest BCUT2D eigenvalue weighted by atomic mass is 9.72. The van der Waals surface area contributed by atoms with E-state index in [4.69, 9.17) is 10.5 Å². The van der Waals surface area contributed by atoms with Crippen LogP contribution in [0.5, 0.6) is 0 Å². The van der Waals surface area contributed by atoms with Crippen molar-refractivity contribution in [3.63, 3.8) is 0 Å². The maximum Gasteiger partial charge on any atom is 0.239 e. The van der Waals surface area contributed by atoms with Gasteiger partial charge in [-0.2, -0.15) is 13.5 Å². The Morgan fingerprint density at radius 2 is 1.63 bits per heavy atom. The molecule has 0 unspecified atom stereocenters. The van der Waals surface area contributed by atoms with Crippen molar-refractivity contribution < 1.29 is 14.3 Å². The number of nitrogens with two attached hydrogens (primary N) is 1. The summed E-state index contributed by atoms with van der Waals surface area (Å²) in [7, 11) is 0. The first kappa shape index (κ1) is 33.1. The number of piperidine rings is 1. The lowest BCUT2D eigenvalue weighted by Crippen LogP contribution is -2.54. The summed E-state index contributed by atoms with van der Waals surface area (Å²) < 4.78 is 5.49. The van der Waals surface area contributed by atoms with Crippen molar-refractivity contribution in [2.24, 2.45) is 17.1 Å². The van der Waals surface area contributed by atoms with Gasteiger partial charge >= 0.3 is 0 Å². The third-order valence-electron chi connectivity index (χ3n) is 8.33. The summed E-state index contributed by atoms with van der Waals surface area (Å²) in [6.45, 7) is 3.31. The number of hydrogen-bond donors (Lipinski definition) is 2. The number of nitrogens with zero attached hydrogens (tertiary/aromatic N) is 1. The molecule has 2 aliphatic heterocycles. The van der Waals surface area contributed by atoms with E-state index in [9.17, 15) is 9.59 Å². The van der Waals surface area contributed by atoms with Crippen LogP contribution in [0.2, 0.25) is 0 Å². The Kier molecular flexibility index (Phi) is 12.7. The second-order valence-corrected chi connectivity index (χ2v) is 12.0. The summed E-state index contributed by atoms with van der Waals surface area (Å²) in [5.74, 6) is 0.546. The normalized spacial score (nSPS) is 17.5. The Labute approximate surface area is 260 Å². The quantitative estimate of drug-likeness (QED) is 0.346. The lowest BCUT2D eigenvalue weighted by Gasteiger charge is -2.42. The predicted molar refractivity (Wildman–Crippen MR) is 174 cm³/mol. The summed E-state index contributed by atoms with van der Waals surface area (Å²) in [6, 6.07) is 22.3. The zero-order chi connectivity index (χ0) is 27.1. The molecule has 9 heteroatoms. The van der Waals surface area contributed by atoms with E-state index in [0.717, 1.165) is 42.1 Å². The molecule has 1 aromatic heterocycles. The Morgan fingerprint density at radius 1 is 0.976 bits per heavy atom. The number of halogens is 1. The maximum atomic E-state index is 13.8. The number of hydrogen-bond acceptors (Lipinski definition) is 5. The summed E-state index contributed by atoms with van der Waals surface area (Å²) in [5.41, 5.74) is 9.25. The molecule has 2 saturated heterocycles. The Hall–Kier alpha value is -2.36. The van der Waals surface area contributed by atoms with E-state index in [1.165, 1.54) is 5.56 Å². The molecule has 2 fully saturated rings. The third-order valence-corrected chi connectivity index (χ3v) is 9.23. The molecule has 3 aromatic rings. The molecule has 2 aromatic carbocycles. The minimum absolute atomic E-state index is 0. The van der Waals surface area contributed by atoms with Gasteiger partial charge in [0, 0.05) is 44.1 Å². The molecule has 3 heterocycles. The molecule has 41 heavy (non-hydrogen) atoms. The number of likely N-dealkylation sites (tertiary alicyclic amines) is 1. The van der Waals surface area contributed by atoms with Crippen LogP contribution >= 0.6 is 37.2 Å². The first-order valence-electron chi connectivity index (χ1n) is 14.1. The molecule has 222 valence electrons. The van der Waals surface area contributed by atoms with Gasteiger partial charge in [-0.05, 0) is 66.2 Å². The second kappa shape index (κ2) is 15.8. The summed E-state index contributed by atoms with van der Waals surface area (Å²) in [4.78, 5) is 30.0. The SMILES string of the molecule is Cl.N[C@@H](Cc1cccs1)C(=O)N1CCC(Cc2ccc(-c3ccccc3)cc2)(C(=O)NCC2CCOCC2)CC1.S. The molecule has 0 radical (unpaired) electrons. The number of amides is 2. The molecular weight excluding hydrogens is 574 g/mol. The molecule has 0 spiro atoms. The van der Waals surface area contributed by atoms with E-state index < -0.39 is 11.5 Å². The number of benzene rings is 2. The van der Waals surface area contributed by atoms with E-state index in [2.05, 4.69) is 41.7 Å². The van der Waals surface area contributed by atoms with Gasteiger partial charge in [0.05, 0.1) is 11.5 Å². The molecule has 0 aliphatic carbocycles. The van der Waals surface area contributed by atoms with Crippen LogP contribution in [0.3, 0.4) is 0 Å². The van der Waals surface area contributed by atoms with Crippen molar-refractivity contribution in [3.05, 3.63) is 82.6 Å². The van der Waals surface area contributed by atoms with Gasteiger partial charge in [-0.3, -0.25) is 9.59 Å². The summed E-state index contributed by atoms with van der Waals surface area (Å²) >= 11 is 1.63. The van der Waals surface area contributed by atoms with Gasteiger partial charge in [0.25, 0.3) is 0 Å². The van der Waals surface area contributed by atoms with Crippen LogP contribution in [0, 0.1) is 11.3 Å². The minimum atomic E-state index is -0.552. The Morgan fingerprint density at radius 3 is 2.27 bits per heavy atom. The number of ether oxygens (including phenoxy) is 1. The molecule has 0 saturated carbocycles. The fourth-order valence-electron chi connectivity index (χ4n) is 5.82. The van der Waals surface area contributed by atoms with E-state index in [1.807, 2.05) is 40.6 Å². The van der Waals surface area contributed by atoms with Crippen LogP contribution < -0.4 is 11.1 Å². The van der Waals surface area contributed by atoms with Crippen LogP contribution in [0.15, 0.2) is 72.1 Å². The smallest absolute Gasteiger partial charge is 0.239 e. The zero-order valence-electron chi connectivity index (χ0n) is 23.4. The molecule has 5 rings (SSSR count). The topological polar surface area (TPSA) is 84.7 Å². The van der Waals surface area contributed by atoms with Gasteiger partial charge in [0.1, 0.15) is 0 Å². The van der Waals surface area contributed by atoms with Crippen molar-refractivity contribution in [3.8, 4) is 11.1 Å². The lowest BCUT2D eigenvalue weighted by molar-refractivity contribution is -0.141. The first-order valence-corrected chi connectivity index (χ1v) is 15.0.